The van der Waals surface area contributed by atoms with Gasteiger partial charge in [-0.15, -0.1) is 11.3 Å². The van der Waals surface area contributed by atoms with Gasteiger partial charge in [-0.05, 0) is 45.1 Å². The fourth-order valence-electron chi connectivity index (χ4n) is 3.09. The van der Waals surface area contributed by atoms with Crippen molar-refractivity contribution in [2.75, 3.05) is 5.32 Å². The van der Waals surface area contributed by atoms with E-state index in [0.29, 0.717) is 16.1 Å². The third-order valence-corrected chi connectivity index (χ3v) is 6.39. The van der Waals surface area contributed by atoms with E-state index in [4.69, 9.17) is 4.74 Å². The van der Waals surface area contributed by atoms with Crippen LogP contribution in [0.4, 0.5) is 5.00 Å². The van der Waals surface area contributed by atoms with Crippen LogP contribution in [-0.2, 0) is 14.3 Å². The highest BCUT2D eigenvalue weighted by molar-refractivity contribution is 7.16. The highest BCUT2D eigenvalue weighted by Crippen LogP contribution is 2.37. The number of thiophene rings is 1. The topological polar surface area (TPSA) is 84.5 Å². The van der Waals surface area contributed by atoms with E-state index in [0.717, 1.165) is 36.1 Å². The smallest absolute Gasteiger partial charge is 0.342 e. The quantitative estimate of drug-likeness (QED) is 0.676. The summed E-state index contributed by atoms with van der Waals surface area (Å²) in [6.45, 7) is 3.73. The van der Waals surface area contributed by atoms with Crippen molar-refractivity contribution in [1.29, 1.82) is 0 Å². The Hall–Kier alpha value is -2.67. The third kappa shape index (κ3) is 4.50. The summed E-state index contributed by atoms with van der Waals surface area (Å²) < 4.78 is 5.71. The molecule has 1 heterocycles. The third-order valence-electron chi connectivity index (χ3n) is 5.26. The Morgan fingerprint density at radius 1 is 1.07 bits per heavy atom. The molecule has 0 saturated heterocycles. The standard InChI is InChI=1S/C22H24N2O4S/c1-12-13(2)29-21(24-19(25)15-8-9-15)17(12)22(27)28-18(14-6-4-3-5-7-14)20(26)23-16-10-11-16/h3-7,15-16,18H,8-11H2,1-2H3,(H,23,26)(H,24,25)/t18-/m1/s1. The molecule has 2 saturated carbocycles. The van der Waals surface area contributed by atoms with Gasteiger partial charge in [-0.25, -0.2) is 4.79 Å². The van der Waals surface area contributed by atoms with Crippen LogP contribution in [0.1, 0.15) is 58.1 Å². The second kappa shape index (κ2) is 7.99. The molecule has 2 amide bonds. The van der Waals surface area contributed by atoms with E-state index in [1.54, 1.807) is 12.1 Å². The number of benzene rings is 1. The van der Waals surface area contributed by atoms with Crippen LogP contribution in [-0.4, -0.2) is 23.8 Å². The second-order valence-electron chi connectivity index (χ2n) is 7.73. The summed E-state index contributed by atoms with van der Waals surface area (Å²) in [7, 11) is 0. The summed E-state index contributed by atoms with van der Waals surface area (Å²) in [6.07, 6.45) is 2.62. The highest BCUT2D eigenvalue weighted by atomic mass is 32.1. The number of rotatable bonds is 7. The highest BCUT2D eigenvalue weighted by Gasteiger charge is 2.34. The zero-order chi connectivity index (χ0) is 20.5. The molecule has 2 fully saturated rings. The number of nitrogens with one attached hydrogen (secondary N) is 2. The Bertz CT molecular complexity index is 945. The van der Waals surface area contributed by atoms with Gasteiger partial charge in [-0.3, -0.25) is 9.59 Å². The van der Waals surface area contributed by atoms with Gasteiger partial charge in [0.2, 0.25) is 12.0 Å². The first kappa shape index (κ1) is 19.6. The summed E-state index contributed by atoms with van der Waals surface area (Å²) in [6, 6.07) is 9.16. The lowest BCUT2D eigenvalue weighted by molar-refractivity contribution is -0.130. The van der Waals surface area contributed by atoms with Crippen molar-refractivity contribution in [2.45, 2.75) is 51.7 Å². The molecule has 0 radical (unpaired) electrons. The van der Waals surface area contributed by atoms with Crippen LogP contribution in [0.25, 0.3) is 0 Å². The molecular formula is C22H24N2O4S. The number of hydrogen-bond donors (Lipinski definition) is 2. The minimum Gasteiger partial charge on any atom is -0.444 e. The van der Waals surface area contributed by atoms with E-state index >= 15 is 0 Å². The van der Waals surface area contributed by atoms with Crippen LogP contribution in [0.2, 0.25) is 0 Å². The van der Waals surface area contributed by atoms with Crippen molar-refractivity contribution in [1.82, 2.24) is 5.32 Å². The van der Waals surface area contributed by atoms with Crippen molar-refractivity contribution in [3.8, 4) is 0 Å². The molecule has 0 spiro atoms. The Morgan fingerprint density at radius 2 is 1.76 bits per heavy atom. The van der Waals surface area contributed by atoms with Crippen LogP contribution in [0.15, 0.2) is 30.3 Å². The molecular weight excluding hydrogens is 388 g/mol. The van der Waals surface area contributed by atoms with Gasteiger partial charge < -0.3 is 15.4 Å². The predicted molar refractivity (Wildman–Crippen MR) is 111 cm³/mol. The van der Waals surface area contributed by atoms with Crippen LogP contribution < -0.4 is 10.6 Å². The first-order chi connectivity index (χ1) is 13.9. The molecule has 2 aliphatic rings. The summed E-state index contributed by atoms with van der Waals surface area (Å²) in [5.74, 6) is -0.952. The number of hydrogen-bond acceptors (Lipinski definition) is 5. The lowest BCUT2D eigenvalue weighted by Gasteiger charge is -2.18. The predicted octanol–water partition coefficient (Wildman–Crippen LogP) is 3.89. The molecule has 4 rings (SSSR count). The maximum atomic E-state index is 13.1. The van der Waals surface area contributed by atoms with Crippen LogP contribution in [0.5, 0.6) is 0 Å². The fraction of sp³-hybridized carbons (Fsp3) is 0.409. The number of esters is 1. The van der Waals surface area contributed by atoms with Crippen molar-refractivity contribution in [3.63, 3.8) is 0 Å². The van der Waals surface area contributed by atoms with E-state index in [-0.39, 0.29) is 23.8 Å². The molecule has 152 valence electrons. The first-order valence-corrected chi connectivity index (χ1v) is 10.7. The molecule has 0 aliphatic heterocycles. The number of amides is 2. The molecule has 7 heteroatoms. The molecule has 2 aromatic rings. The molecule has 29 heavy (non-hydrogen) atoms. The zero-order valence-corrected chi connectivity index (χ0v) is 17.3. The van der Waals surface area contributed by atoms with E-state index in [1.807, 2.05) is 32.0 Å². The van der Waals surface area contributed by atoms with Crippen LogP contribution >= 0.6 is 11.3 Å². The molecule has 2 N–H and O–H groups in total. The van der Waals surface area contributed by atoms with Gasteiger partial charge in [0, 0.05) is 22.4 Å². The monoisotopic (exact) mass is 412 g/mol. The maximum absolute atomic E-state index is 13.1. The van der Waals surface area contributed by atoms with E-state index in [1.165, 1.54) is 11.3 Å². The van der Waals surface area contributed by atoms with Gasteiger partial charge in [0.25, 0.3) is 5.91 Å². The molecule has 0 bridgehead atoms. The molecule has 0 unspecified atom stereocenters. The molecule has 1 atom stereocenters. The van der Waals surface area contributed by atoms with Crippen LogP contribution in [0.3, 0.4) is 0 Å². The summed E-state index contributed by atoms with van der Waals surface area (Å²) in [5.41, 5.74) is 1.72. The normalized spacial score (nSPS) is 16.8. The number of ether oxygens (including phenoxy) is 1. The largest absolute Gasteiger partial charge is 0.444 e. The SMILES string of the molecule is Cc1sc(NC(=O)C2CC2)c(C(=O)O[C@@H](C(=O)NC2CC2)c2ccccc2)c1C. The van der Waals surface area contributed by atoms with Gasteiger partial charge in [0.1, 0.15) is 5.00 Å². The number of carbonyl (C=O) groups excluding carboxylic acids is 3. The van der Waals surface area contributed by atoms with Gasteiger partial charge in [-0.1, -0.05) is 30.3 Å². The second-order valence-corrected chi connectivity index (χ2v) is 8.95. The minimum absolute atomic E-state index is 0.0305. The first-order valence-electron chi connectivity index (χ1n) is 9.91. The lowest BCUT2D eigenvalue weighted by Crippen LogP contribution is -2.33. The Balaban J connectivity index is 1.58. The number of anilines is 1. The van der Waals surface area contributed by atoms with E-state index < -0.39 is 12.1 Å². The summed E-state index contributed by atoms with van der Waals surface area (Å²) in [4.78, 5) is 39.0. The van der Waals surface area contributed by atoms with E-state index in [2.05, 4.69) is 10.6 Å². The van der Waals surface area contributed by atoms with Crippen LogP contribution in [0, 0.1) is 19.8 Å². The average Bonchev–Trinajstić information content (AvgIpc) is 3.60. The molecule has 2 aliphatic carbocycles. The molecule has 1 aromatic carbocycles. The fourth-order valence-corrected chi connectivity index (χ4v) is 4.14. The molecule has 6 nitrogen and oxygen atoms in total. The zero-order valence-electron chi connectivity index (χ0n) is 16.5. The van der Waals surface area contributed by atoms with Crippen molar-refractivity contribution >= 4 is 34.1 Å². The van der Waals surface area contributed by atoms with Crippen molar-refractivity contribution in [3.05, 3.63) is 51.9 Å². The summed E-state index contributed by atoms with van der Waals surface area (Å²) >= 11 is 1.36. The summed E-state index contributed by atoms with van der Waals surface area (Å²) in [5, 5.41) is 6.29. The van der Waals surface area contributed by atoms with E-state index in [9.17, 15) is 14.4 Å². The Kier molecular flexibility index (Phi) is 5.41. The lowest BCUT2D eigenvalue weighted by atomic mass is 10.1. The van der Waals surface area contributed by atoms with Crippen molar-refractivity contribution in [2.24, 2.45) is 5.92 Å². The van der Waals surface area contributed by atoms with Crippen molar-refractivity contribution < 1.29 is 19.1 Å². The average molecular weight is 413 g/mol. The van der Waals surface area contributed by atoms with Gasteiger partial charge in [-0.2, -0.15) is 0 Å². The minimum atomic E-state index is -1.03. The van der Waals surface area contributed by atoms with Gasteiger partial charge >= 0.3 is 5.97 Å². The Morgan fingerprint density at radius 3 is 2.38 bits per heavy atom. The maximum Gasteiger partial charge on any atom is 0.342 e. The van der Waals surface area contributed by atoms with Gasteiger partial charge in [0.05, 0.1) is 5.56 Å². The molecule has 1 aromatic heterocycles. The Labute approximate surface area is 173 Å². The number of carbonyl (C=O) groups is 3. The van der Waals surface area contributed by atoms with Gasteiger partial charge in [0.15, 0.2) is 0 Å². The number of aryl methyl sites for hydroxylation is 1.